The molecule has 2 heterocycles. The van der Waals surface area contributed by atoms with Crippen molar-refractivity contribution in [2.75, 3.05) is 0 Å². The lowest BCUT2D eigenvalue weighted by Gasteiger charge is -2.08. The fourth-order valence-corrected chi connectivity index (χ4v) is 2.51. The van der Waals surface area contributed by atoms with Crippen LogP contribution in [0.25, 0.3) is 11.5 Å². The minimum Gasteiger partial charge on any atom is -0.463 e. The molecule has 1 aromatic carbocycles. The number of hydrogen-bond acceptors (Lipinski definition) is 3. The van der Waals surface area contributed by atoms with Gasteiger partial charge in [0.15, 0.2) is 5.76 Å². The number of carbonyl (C=O) groups is 1. The Kier molecular flexibility index (Phi) is 5.59. The maximum atomic E-state index is 12.5. The zero-order valence-corrected chi connectivity index (χ0v) is 14.3. The van der Waals surface area contributed by atoms with E-state index in [1.165, 1.54) is 12.1 Å². The Morgan fingerprint density at radius 3 is 2.37 bits per heavy atom. The molecule has 4 nitrogen and oxygen atoms in total. The maximum Gasteiger partial charge on any atom is 0.416 e. The summed E-state index contributed by atoms with van der Waals surface area (Å²) in [5, 5.41) is 2.78. The molecule has 0 saturated carbocycles. The Balaban J connectivity index is 1.46. The largest absolute Gasteiger partial charge is 0.463 e. The molecule has 27 heavy (non-hydrogen) atoms. The summed E-state index contributed by atoms with van der Waals surface area (Å²) >= 11 is 0. The minimum absolute atomic E-state index is 0.176. The SMILES string of the molecule is O=C(CCc1ccc(C(F)(F)F)cc1)NCc1ccc(-c2ccco2)nc1. The van der Waals surface area contributed by atoms with Crippen LogP contribution < -0.4 is 5.32 Å². The predicted octanol–water partition coefficient (Wildman–Crippen LogP) is 4.61. The first-order valence-corrected chi connectivity index (χ1v) is 8.33. The molecule has 2 aromatic heterocycles. The van der Waals surface area contributed by atoms with Gasteiger partial charge in [0.25, 0.3) is 0 Å². The van der Waals surface area contributed by atoms with E-state index in [0.717, 1.165) is 17.7 Å². The van der Waals surface area contributed by atoms with Crippen molar-refractivity contribution in [3.63, 3.8) is 0 Å². The van der Waals surface area contributed by atoms with Crippen LogP contribution in [-0.2, 0) is 23.9 Å². The van der Waals surface area contributed by atoms with Crippen LogP contribution in [0, 0.1) is 0 Å². The maximum absolute atomic E-state index is 12.5. The number of benzene rings is 1. The van der Waals surface area contributed by atoms with E-state index in [2.05, 4.69) is 10.3 Å². The molecule has 0 fully saturated rings. The summed E-state index contributed by atoms with van der Waals surface area (Å²) in [7, 11) is 0. The lowest BCUT2D eigenvalue weighted by Crippen LogP contribution is -2.23. The highest BCUT2D eigenvalue weighted by atomic mass is 19.4. The number of carbonyl (C=O) groups excluding carboxylic acids is 1. The molecule has 0 atom stereocenters. The second-order valence-corrected chi connectivity index (χ2v) is 6.00. The molecule has 140 valence electrons. The molecule has 3 rings (SSSR count). The number of nitrogens with one attached hydrogen (secondary N) is 1. The highest BCUT2D eigenvalue weighted by molar-refractivity contribution is 5.76. The monoisotopic (exact) mass is 374 g/mol. The van der Waals surface area contributed by atoms with E-state index in [-0.39, 0.29) is 12.3 Å². The van der Waals surface area contributed by atoms with Crippen LogP contribution in [0.3, 0.4) is 0 Å². The normalized spacial score (nSPS) is 11.4. The van der Waals surface area contributed by atoms with Gasteiger partial charge in [-0.15, -0.1) is 0 Å². The number of halogens is 3. The van der Waals surface area contributed by atoms with Gasteiger partial charge in [0, 0.05) is 19.2 Å². The number of furan rings is 1. The van der Waals surface area contributed by atoms with E-state index in [0.29, 0.717) is 30.0 Å². The number of aryl methyl sites for hydroxylation is 1. The quantitative estimate of drug-likeness (QED) is 0.686. The third-order valence-corrected chi connectivity index (χ3v) is 4.01. The highest BCUT2D eigenvalue weighted by Crippen LogP contribution is 2.29. The fraction of sp³-hybridized carbons (Fsp3) is 0.200. The average Bonchev–Trinajstić information content (AvgIpc) is 3.19. The van der Waals surface area contributed by atoms with E-state index in [4.69, 9.17) is 4.42 Å². The Morgan fingerprint density at radius 1 is 1.04 bits per heavy atom. The molecule has 0 spiro atoms. The molecule has 0 aliphatic rings. The lowest BCUT2D eigenvalue weighted by atomic mass is 10.1. The van der Waals surface area contributed by atoms with Crippen molar-refractivity contribution in [1.29, 1.82) is 0 Å². The molecule has 0 aliphatic heterocycles. The van der Waals surface area contributed by atoms with Crippen molar-refractivity contribution < 1.29 is 22.4 Å². The summed E-state index contributed by atoms with van der Waals surface area (Å²) in [5.41, 5.74) is 1.54. The predicted molar refractivity (Wildman–Crippen MR) is 93.6 cm³/mol. The van der Waals surface area contributed by atoms with E-state index >= 15 is 0 Å². The molecule has 3 aromatic rings. The number of pyridine rings is 1. The molecule has 7 heteroatoms. The van der Waals surface area contributed by atoms with Gasteiger partial charge in [-0.1, -0.05) is 18.2 Å². The summed E-state index contributed by atoms with van der Waals surface area (Å²) < 4.78 is 42.8. The number of aromatic nitrogens is 1. The van der Waals surface area contributed by atoms with Crippen molar-refractivity contribution in [1.82, 2.24) is 10.3 Å². The van der Waals surface area contributed by atoms with Crippen molar-refractivity contribution in [3.05, 3.63) is 77.7 Å². The number of alkyl halides is 3. The molecule has 0 unspecified atom stereocenters. The zero-order valence-electron chi connectivity index (χ0n) is 14.3. The molecule has 0 bridgehead atoms. The third kappa shape index (κ3) is 5.20. The molecule has 1 N–H and O–H groups in total. The van der Waals surface area contributed by atoms with Crippen LogP contribution in [0.2, 0.25) is 0 Å². The Hall–Kier alpha value is -3.09. The van der Waals surface area contributed by atoms with Crippen molar-refractivity contribution in [2.45, 2.75) is 25.6 Å². The molecule has 0 radical (unpaired) electrons. The number of rotatable bonds is 6. The highest BCUT2D eigenvalue weighted by Gasteiger charge is 2.29. The van der Waals surface area contributed by atoms with Crippen molar-refractivity contribution in [3.8, 4) is 11.5 Å². The first-order chi connectivity index (χ1) is 12.9. The van der Waals surface area contributed by atoms with Crippen LogP contribution in [0.15, 0.2) is 65.4 Å². The Morgan fingerprint density at radius 2 is 1.78 bits per heavy atom. The van der Waals surface area contributed by atoms with Crippen molar-refractivity contribution >= 4 is 5.91 Å². The molecule has 0 saturated heterocycles. The standard InChI is InChI=1S/C20H17F3N2O2/c21-20(22,23)16-7-3-14(4-8-16)6-10-19(26)25-13-15-5-9-17(24-12-15)18-2-1-11-27-18/h1-5,7-9,11-12H,6,10,13H2,(H,25,26). The summed E-state index contributed by atoms with van der Waals surface area (Å²) in [5.74, 6) is 0.493. The summed E-state index contributed by atoms with van der Waals surface area (Å²) in [6, 6.07) is 12.1. The van der Waals surface area contributed by atoms with Crippen LogP contribution in [0.5, 0.6) is 0 Å². The Bertz CT molecular complexity index is 871. The second kappa shape index (κ2) is 8.07. The molecule has 0 aliphatic carbocycles. The van der Waals surface area contributed by atoms with E-state index in [1.807, 2.05) is 18.2 Å². The summed E-state index contributed by atoms with van der Waals surface area (Å²) in [4.78, 5) is 16.2. The van der Waals surface area contributed by atoms with Gasteiger partial charge >= 0.3 is 6.18 Å². The topological polar surface area (TPSA) is 55.1 Å². The van der Waals surface area contributed by atoms with Gasteiger partial charge in [0.05, 0.1) is 11.8 Å². The summed E-state index contributed by atoms with van der Waals surface area (Å²) in [6.07, 6.45) is -0.546. The number of nitrogens with zero attached hydrogens (tertiary/aromatic N) is 1. The number of hydrogen-bond donors (Lipinski definition) is 1. The van der Waals surface area contributed by atoms with Crippen LogP contribution in [0.4, 0.5) is 13.2 Å². The molecular weight excluding hydrogens is 357 g/mol. The van der Waals surface area contributed by atoms with E-state index < -0.39 is 11.7 Å². The van der Waals surface area contributed by atoms with E-state index in [9.17, 15) is 18.0 Å². The Labute approximate surface area is 154 Å². The second-order valence-electron chi connectivity index (χ2n) is 6.00. The first kappa shape index (κ1) is 18.7. The van der Waals surface area contributed by atoms with Gasteiger partial charge in [0.2, 0.25) is 5.91 Å². The van der Waals surface area contributed by atoms with Crippen LogP contribution in [-0.4, -0.2) is 10.9 Å². The smallest absolute Gasteiger partial charge is 0.416 e. The van der Waals surface area contributed by atoms with Gasteiger partial charge in [0.1, 0.15) is 5.69 Å². The van der Waals surface area contributed by atoms with Crippen molar-refractivity contribution in [2.24, 2.45) is 0 Å². The average molecular weight is 374 g/mol. The van der Waals surface area contributed by atoms with E-state index in [1.54, 1.807) is 18.5 Å². The summed E-state index contributed by atoms with van der Waals surface area (Å²) in [6.45, 7) is 0.331. The number of amides is 1. The van der Waals surface area contributed by atoms with Gasteiger partial charge in [-0.25, -0.2) is 0 Å². The zero-order chi connectivity index (χ0) is 19.3. The fourth-order valence-electron chi connectivity index (χ4n) is 2.51. The lowest BCUT2D eigenvalue weighted by molar-refractivity contribution is -0.137. The van der Waals surface area contributed by atoms with Gasteiger partial charge in [-0.2, -0.15) is 13.2 Å². The van der Waals surface area contributed by atoms with Gasteiger partial charge < -0.3 is 9.73 Å². The van der Waals surface area contributed by atoms with Crippen LogP contribution in [0.1, 0.15) is 23.1 Å². The van der Waals surface area contributed by atoms with Gasteiger partial charge in [-0.05, 0) is 47.9 Å². The molecule has 1 amide bonds. The van der Waals surface area contributed by atoms with Crippen LogP contribution >= 0.6 is 0 Å². The van der Waals surface area contributed by atoms with Gasteiger partial charge in [-0.3, -0.25) is 9.78 Å². The third-order valence-electron chi connectivity index (χ3n) is 4.01. The first-order valence-electron chi connectivity index (χ1n) is 8.33. The molecular formula is C20H17F3N2O2. The minimum atomic E-state index is -4.35.